The topological polar surface area (TPSA) is 24.9 Å². The van der Waals surface area contributed by atoms with Gasteiger partial charge in [0.15, 0.2) is 0 Å². The normalized spacial score (nSPS) is 10.7. The molecule has 16 heavy (non-hydrogen) atoms. The number of aromatic nitrogens is 1. The molecule has 0 bridgehead atoms. The zero-order valence-corrected chi connectivity index (χ0v) is 10.7. The first kappa shape index (κ1) is 11.3. The highest BCUT2D eigenvalue weighted by atomic mass is 32.1. The van der Waals surface area contributed by atoms with Crippen molar-refractivity contribution in [1.29, 1.82) is 0 Å². The van der Waals surface area contributed by atoms with Crippen molar-refractivity contribution in [2.75, 3.05) is 7.05 Å². The quantitative estimate of drug-likeness (QED) is 0.879. The van der Waals surface area contributed by atoms with Crippen molar-refractivity contribution in [2.45, 2.75) is 20.4 Å². The van der Waals surface area contributed by atoms with E-state index in [0.717, 1.165) is 11.6 Å². The highest BCUT2D eigenvalue weighted by molar-refractivity contribution is 7.15. The van der Waals surface area contributed by atoms with E-state index in [1.165, 1.54) is 21.6 Å². The van der Waals surface area contributed by atoms with Gasteiger partial charge >= 0.3 is 0 Å². The van der Waals surface area contributed by atoms with Gasteiger partial charge in [-0.05, 0) is 32.5 Å². The molecule has 0 aliphatic rings. The highest BCUT2D eigenvalue weighted by Gasteiger charge is 2.07. The van der Waals surface area contributed by atoms with Gasteiger partial charge in [-0.15, -0.1) is 11.3 Å². The molecular weight excluding hydrogens is 216 g/mol. The molecule has 84 valence electrons. The van der Waals surface area contributed by atoms with E-state index in [0.29, 0.717) is 0 Å². The van der Waals surface area contributed by atoms with Crippen LogP contribution in [0.5, 0.6) is 0 Å². The summed E-state index contributed by atoms with van der Waals surface area (Å²) in [5.74, 6) is 0. The number of rotatable bonds is 3. The maximum Gasteiger partial charge on any atom is 0.123 e. The van der Waals surface area contributed by atoms with E-state index in [4.69, 9.17) is 0 Å². The number of benzene rings is 1. The predicted molar refractivity (Wildman–Crippen MR) is 69.8 cm³/mol. The van der Waals surface area contributed by atoms with E-state index in [1.807, 2.05) is 13.2 Å². The van der Waals surface area contributed by atoms with Gasteiger partial charge in [-0.25, -0.2) is 4.98 Å². The molecule has 1 aromatic carbocycles. The number of thiazole rings is 1. The van der Waals surface area contributed by atoms with Crippen LogP contribution in [0.3, 0.4) is 0 Å². The second kappa shape index (κ2) is 4.76. The minimum absolute atomic E-state index is 0.891. The van der Waals surface area contributed by atoms with Crippen LogP contribution in [0.1, 0.15) is 16.0 Å². The first-order valence-electron chi connectivity index (χ1n) is 5.37. The van der Waals surface area contributed by atoms with E-state index >= 15 is 0 Å². The summed E-state index contributed by atoms with van der Waals surface area (Å²) in [4.78, 5) is 5.76. The maximum atomic E-state index is 4.49. The van der Waals surface area contributed by atoms with Crippen LogP contribution in [0, 0.1) is 13.8 Å². The molecule has 0 fully saturated rings. The summed E-state index contributed by atoms with van der Waals surface area (Å²) in [5, 5.41) is 4.26. The fourth-order valence-corrected chi connectivity index (χ4v) is 2.66. The summed E-state index contributed by atoms with van der Waals surface area (Å²) in [6.45, 7) is 5.14. The summed E-state index contributed by atoms with van der Waals surface area (Å²) < 4.78 is 0. The lowest BCUT2D eigenvalue weighted by atomic mass is 10.1. The van der Waals surface area contributed by atoms with Crippen molar-refractivity contribution in [3.63, 3.8) is 0 Å². The Hall–Kier alpha value is -1.19. The van der Waals surface area contributed by atoms with Gasteiger partial charge in [0.1, 0.15) is 5.01 Å². The first-order valence-corrected chi connectivity index (χ1v) is 6.19. The van der Waals surface area contributed by atoms with E-state index in [1.54, 1.807) is 11.3 Å². The summed E-state index contributed by atoms with van der Waals surface area (Å²) in [7, 11) is 1.96. The van der Waals surface area contributed by atoms with Crippen molar-refractivity contribution >= 4 is 11.3 Å². The van der Waals surface area contributed by atoms with E-state index in [-0.39, 0.29) is 0 Å². The molecule has 0 aliphatic carbocycles. The van der Waals surface area contributed by atoms with Crippen molar-refractivity contribution in [2.24, 2.45) is 0 Å². The van der Waals surface area contributed by atoms with Crippen LogP contribution in [0.2, 0.25) is 0 Å². The maximum absolute atomic E-state index is 4.49. The zero-order valence-electron chi connectivity index (χ0n) is 9.87. The molecule has 1 heterocycles. The third-order valence-corrected chi connectivity index (χ3v) is 3.56. The largest absolute Gasteiger partial charge is 0.315 e. The summed E-state index contributed by atoms with van der Waals surface area (Å²) >= 11 is 1.76. The highest BCUT2D eigenvalue weighted by Crippen LogP contribution is 2.28. The second-order valence-electron chi connectivity index (χ2n) is 3.98. The minimum Gasteiger partial charge on any atom is -0.315 e. The lowest BCUT2D eigenvalue weighted by Gasteiger charge is -2.03. The number of nitrogens with zero attached hydrogens (tertiary/aromatic N) is 1. The monoisotopic (exact) mass is 232 g/mol. The molecule has 0 saturated carbocycles. The average Bonchev–Trinajstić information content (AvgIpc) is 2.71. The average molecular weight is 232 g/mol. The van der Waals surface area contributed by atoms with Crippen LogP contribution in [0.4, 0.5) is 0 Å². The predicted octanol–water partition coefficient (Wildman–Crippen LogP) is 3.15. The van der Waals surface area contributed by atoms with Crippen LogP contribution in [0.15, 0.2) is 24.4 Å². The smallest absolute Gasteiger partial charge is 0.123 e. The molecule has 0 amide bonds. The Morgan fingerprint density at radius 3 is 2.88 bits per heavy atom. The summed E-state index contributed by atoms with van der Waals surface area (Å²) in [5.41, 5.74) is 3.83. The van der Waals surface area contributed by atoms with Gasteiger partial charge in [0, 0.05) is 23.2 Å². The van der Waals surface area contributed by atoms with Crippen LogP contribution in [0.25, 0.3) is 10.6 Å². The number of hydrogen-bond acceptors (Lipinski definition) is 3. The van der Waals surface area contributed by atoms with Gasteiger partial charge in [0.2, 0.25) is 0 Å². The molecule has 0 atom stereocenters. The first-order chi connectivity index (χ1) is 7.70. The molecule has 1 aromatic heterocycles. The Balaban J connectivity index is 2.38. The number of nitrogens with one attached hydrogen (secondary N) is 1. The third-order valence-electron chi connectivity index (χ3n) is 2.53. The summed E-state index contributed by atoms with van der Waals surface area (Å²) in [6, 6.07) is 6.50. The zero-order chi connectivity index (χ0) is 11.5. The van der Waals surface area contributed by atoms with Crippen molar-refractivity contribution in [3.05, 3.63) is 40.4 Å². The Morgan fingerprint density at radius 2 is 2.12 bits per heavy atom. The standard InChI is InChI=1S/C13H16N2S/c1-9-4-5-10(2)12(6-9)13-15-8-11(16-13)7-14-3/h4-6,8,14H,7H2,1-3H3. The molecule has 0 unspecified atom stereocenters. The molecule has 3 heteroatoms. The number of aryl methyl sites for hydroxylation is 2. The SMILES string of the molecule is CNCc1cnc(-c2cc(C)ccc2C)s1. The molecule has 2 nitrogen and oxygen atoms in total. The van der Waals surface area contributed by atoms with Gasteiger partial charge in [-0.2, -0.15) is 0 Å². The minimum atomic E-state index is 0.891. The summed E-state index contributed by atoms with van der Waals surface area (Å²) in [6.07, 6.45) is 1.96. The van der Waals surface area contributed by atoms with E-state index < -0.39 is 0 Å². The van der Waals surface area contributed by atoms with Gasteiger partial charge in [0.05, 0.1) is 0 Å². The van der Waals surface area contributed by atoms with Crippen molar-refractivity contribution in [3.8, 4) is 10.6 Å². The molecule has 1 N–H and O–H groups in total. The van der Waals surface area contributed by atoms with Crippen molar-refractivity contribution < 1.29 is 0 Å². The van der Waals surface area contributed by atoms with E-state index in [2.05, 4.69) is 42.3 Å². The Kier molecular flexibility index (Phi) is 3.36. The molecular formula is C13H16N2S. The van der Waals surface area contributed by atoms with Crippen LogP contribution < -0.4 is 5.32 Å². The fourth-order valence-electron chi connectivity index (χ4n) is 1.65. The van der Waals surface area contributed by atoms with Crippen molar-refractivity contribution in [1.82, 2.24) is 10.3 Å². The third kappa shape index (κ3) is 2.31. The molecule has 0 aliphatic heterocycles. The fraction of sp³-hybridized carbons (Fsp3) is 0.308. The van der Waals surface area contributed by atoms with Gasteiger partial charge in [0.25, 0.3) is 0 Å². The molecule has 0 radical (unpaired) electrons. The number of hydrogen-bond donors (Lipinski definition) is 1. The van der Waals surface area contributed by atoms with Crippen LogP contribution >= 0.6 is 11.3 Å². The van der Waals surface area contributed by atoms with Crippen LogP contribution in [-0.4, -0.2) is 12.0 Å². The molecule has 2 rings (SSSR count). The lowest BCUT2D eigenvalue weighted by Crippen LogP contribution is -2.02. The van der Waals surface area contributed by atoms with Gasteiger partial charge < -0.3 is 5.32 Å². The van der Waals surface area contributed by atoms with E-state index in [9.17, 15) is 0 Å². The second-order valence-corrected chi connectivity index (χ2v) is 5.10. The molecule has 0 spiro atoms. The van der Waals surface area contributed by atoms with Gasteiger partial charge in [-0.3, -0.25) is 0 Å². The lowest BCUT2D eigenvalue weighted by molar-refractivity contribution is 0.829. The molecule has 0 saturated heterocycles. The Labute approximate surface area is 100 Å². The van der Waals surface area contributed by atoms with Crippen LogP contribution in [-0.2, 0) is 6.54 Å². The Bertz CT molecular complexity index is 488. The molecule has 2 aromatic rings. The van der Waals surface area contributed by atoms with Gasteiger partial charge in [-0.1, -0.05) is 17.7 Å². The Morgan fingerprint density at radius 1 is 1.31 bits per heavy atom.